The van der Waals surface area contributed by atoms with Crippen molar-refractivity contribution in [2.24, 2.45) is 0 Å². The zero-order valence-corrected chi connectivity index (χ0v) is 15.5. The molecule has 0 aliphatic carbocycles. The second-order valence-corrected chi connectivity index (χ2v) is 6.51. The van der Waals surface area contributed by atoms with Gasteiger partial charge < -0.3 is 5.32 Å². The first-order valence-corrected chi connectivity index (χ1v) is 8.62. The number of rotatable bonds is 3. The number of benzene rings is 2. The summed E-state index contributed by atoms with van der Waals surface area (Å²) in [6.07, 6.45) is 0. The number of H-pyrrole nitrogens is 1. The van der Waals surface area contributed by atoms with E-state index in [1.165, 1.54) is 0 Å². The number of hydrazine groups is 1. The van der Waals surface area contributed by atoms with Gasteiger partial charge in [-0.15, -0.1) is 0 Å². The van der Waals surface area contributed by atoms with Crippen molar-refractivity contribution in [1.29, 1.82) is 0 Å². The third-order valence-electron chi connectivity index (χ3n) is 3.30. The number of aromatic nitrogens is 2. The predicted octanol–water partition coefficient (Wildman–Crippen LogP) is 4.01. The third-order valence-corrected chi connectivity index (χ3v) is 3.94. The third kappa shape index (κ3) is 4.72. The van der Waals surface area contributed by atoms with E-state index in [4.69, 9.17) is 35.4 Å². The molecular weight excluding hydrogens is 393 g/mol. The molecule has 132 valence electrons. The molecule has 0 atom stereocenters. The first kappa shape index (κ1) is 18.2. The molecule has 9 heteroatoms. The van der Waals surface area contributed by atoms with Crippen LogP contribution in [-0.4, -0.2) is 21.2 Å². The molecule has 0 aliphatic rings. The minimum Gasteiger partial charge on any atom is -0.331 e. The Morgan fingerprint density at radius 3 is 2.38 bits per heavy atom. The molecule has 26 heavy (non-hydrogen) atoms. The fraction of sp³-hybridized carbons (Fsp3) is 0. The molecule has 3 aromatic rings. The molecule has 0 bridgehead atoms. The van der Waals surface area contributed by atoms with Crippen LogP contribution in [-0.2, 0) is 0 Å². The molecule has 0 unspecified atom stereocenters. The van der Waals surface area contributed by atoms with Gasteiger partial charge in [0, 0.05) is 21.3 Å². The number of aromatic amines is 1. The number of amides is 1. The first-order chi connectivity index (χ1) is 12.5. The highest BCUT2D eigenvalue weighted by molar-refractivity contribution is 7.80. The summed E-state index contributed by atoms with van der Waals surface area (Å²) in [5.74, 6) is -0.409. The highest BCUT2D eigenvalue weighted by Gasteiger charge is 2.11. The number of carbonyl (C=O) groups excluding carboxylic acids is 1. The number of carbonyl (C=O) groups is 1. The van der Waals surface area contributed by atoms with E-state index in [1.54, 1.807) is 24.3 Å². The molecule has 0 fully saturated rings. The molecule has 1 amide bonds. The van der Waals surface area contributed by atoms with Crippen LogP contribution in [0, 0.1) is 0 Å². The number of nitrogens with zero attached hydrogens (tertiary/aromatic N) is 1. The van der Waals surface area contributed by atoms with Crippen LogP contribution in [0.4, 0.5) is 5.69 Å². The van der Waals surface area contributed by atoms with Crippen molar-refractivity contribution in [3.8, 4) is 11.3 Å². The Bertz CT molecular complexity index is 925. The second kappa shape index (κ2) is 8.18. The first-order valence-electron chi connectivity index (χ1n) is 7.45. The maximum Gasteiger partial charge on any atom is 0.287 e. The fourth-order valence-corrected chi connectivity index (χ4v) is 2.86. The smallest absolute Gasteiger partial charge is 0.287 e. The Morgan fingerprint density at radius 1 is 1.00 bits per heavy atom. The molecule has 0 radical (unpaired) electrons. The van der Waals surface area contributed by atoms with Crippen LogP contribution < -0.4 is 16.2 Å². The Balaban J connectivity index is 1.57. The van der Waals surface area contributed by atoms with E-state index in [9.17, 15) is 4.79 Å². The lowest BCUT2D eigenvalue weighted by Gasteiger charge is -2.11. The van der Waals surface area contributed by atoms with Crippen molar-refractivity contribution in [1.82, 2.24) is 21.0 Å². The van der Waals surface area contributed by atoms with Crippen molar-refractivity contribution in [3.63, 3.8) is 0 Å². The van der Waals surface area contributed by atoms with E-state index < -0.39 is 5.91 Å². The number of thiocarbonyl (C=S) groups is 1. The molecule has 0 spiro atoms. The van der Waals surface area contributed by atoms with E-state index in [0.717, 1.165) is 5.56 Å². The van der Waals surface area contributed by atoms with Crippen LogP contribution in [0.1, 0.15) is 10.5 Å². The van der Waals surface area contributed by atoms with Crippen molar-refractivity contribution in [3.05, 3.63) is 70.3 Å². The van der Waals surface area contributed by atoms with Crippen LogP contribution in [0.25, 0.3) is 11.3 Å². The highest BCUT2D eigenvalue weighted by atomic mass is 35.5. The zero-order chi connectivity index (χ0) is 18.5. The molecule has 1 heterocycles. The molecule has 4 N–H and O–H groups in total. The zero-order valence-electron chi connectivity index (χ0n) is 13.2. The molecule has 6 nitrogen and oxygen atoms in total. The molecule has 0 saturated carbocycles. The highest BCUT2D eigenvalue weighted by Crippen LogP contribution is 2.22. The van der Waals surface area contributed by atoms with E-state index in [-0.39, 0.29) is 5.11 Å². The summed E-state index contributed by atoms with van der Waals surface area (Å²) in [6, 6.07) is 16.1. The Labute approximate surface area is 164 Å². The molecule has 2 aromatic carbocycles. The Hall–Kier alpha value is -2.61. The summed E-state index contributed by atoms with van der Waals surface area (Å²) in [6.45, 7) is 0. The number of hydrogen-bond acceptors (Lipinski definition) is 3. The van der Waals surface area contributed by atoms with Crippen LogP contribution >= 0.6 is 35.4 Å². The lowest BCUT2D eigenvalue weighted by atomic mass is 10.1. The summed E-state index contributed by atoms with van der Waals surface area (Å²) < 4.78 is 0. The van der Waals surface area contributed by atoms with E-state index in [1.807, 2.05) is 30.3 Å². The van der Waals surface area contributed by atoms with Crippen LogP contribution in [0.2, 0.25) is 10.0 Å². The molecule has 0 aliphatic heterocycles. The molecule has 1 aromatic heterocycles. The SMILES string of the molecule is O=C(NNC(=S)Nc1cc(Cl)cc(Cl)c1)c1cc(-c2ccccc2)n[nH]1. The minimum atomic E-state index is -0.409. The maximum absolute atomic E-state index is 12.2. The van der Waals surface area contributed by atoms with Crippen LogP contribution in [0.5, 0.6) is 0 Å². The average molecular weight is 406 g/mol. The Morgan fingerprint density at radius 2 is 1.69 bits per heavy atom. The van der Waals surface area contributed by atoms with Gasteiger partial charge in [-0.25, -0.2) is 0 Å². The van der Waals surface area contributed by atoms with Crippen LogP contribution in [0.15, 0.2) is 54.6 Å². The summed E-state index contributed by atoms with van der Waals surface area (Å²) in [7, 11) is 0. The lowest BCUT2D eigenvalue weighted by Crippen LogP contribution is -2.43. The van der Waals surface area contributed by atoms with Gasteiger partial charge >= 0.3 is 0 Å². The predicted molar refractivity (Wildman–Crippen MR) is 107 cm³/mol. The van der Waals surface area contributed by atoms with Gasteiger partial charge in [0.25, 0.3) is 5.91 Å². The summed E-state index contributed by atoms with van der Waals surface area (Å²) >= 11 is 17.0. The van der Waals surface area contributed by atoms with E-state index in [0.29, 0.717) is 27.1 Å². The van der Waals surface area contributed by atoms with E-state index in [2.05, 4.69) is 26.4 Å². The summed E-state index contributed by atoms with van der Waals surface area (Å²) in [5.41, 5.74) is 7.56. The summed E-state index contributed by atoms with van der Waals surface area (Å²) in [4.78, 5) is 12.2. The quantitative estimate of drug-likeness (QED) is 0.390. The second-order valence-electron chi connectivity index (χ2n) is 5.22. The molecule has 3 rings (SSSR count). The summed E-state index contributed by atoms with van der Waals surface area (Å²) in [5, 5.41) is 10.8. The van der Waals surface area contributed by atoms with Crippen LogP contribution in [0.3, 0.4) is 0 Å². The van der Waals surface area contributed by atoms with Crippen molar-refractivity contribution < 1.29 is 4.79 Å². The van der Waals surface area contributed by atoms with Gasteiger partial charge in [-0.1, -0.05) is 53.5 Å². The standard InChI is InChI=1S/C17H13Cl2N5OS/c18-11-6-12(19)8-13(7-11)20-17(26)24-23-16(25)15-9-14(21-22-15)10-4-2-1-3-5-10/h1-9H,(H,21,22)(H,23,25)(H2,20,24,26). The number of anilines is 1. The van der Waals surface area contributed by atoms with Gasteiger partial charge in [0.05, 0.1) is 5.69 Å². The average Bonchev–Trinajstić information content (AvgIpc) is 3.10. The monoisotopic (exact) mass is 405 g/mol. The number of nitrogens with one attached hydrogen (secondary N) is 4. The normalized spacial score (nSPS) is 10.2. The van der Waals surface area contributed by atoms with Gasteiger partial charge in [-0.05, 0) is 36.5 Å². The van der Waals surface area contributed by atoms with Gasteiger partial charge in [0.2, 0.25) is 0 Å². The van der Waals surface area contributed by atoms with Crippen molar-refractivity contribution in [2.75, 3.05) is 5.32 Å². The van der Waals surface area contributed by atoms with Crippen molar-refractivity contribution >= 4 is 52.1 Å². The van der Waals surface area contributed by atoms with Crippen molar-refractivity contribution in [2.45, 2.75) is 0 Å². The van der Waals surface area contributed by atoms with Gasteiger partial charge in [-0.3, -0.25) is 20.7 Å². The number of halogens is 2. The van der Waals surface area contributed by atoms with Gasteiger partial charge in [0.1, 0.15) is 5.69 Å². The largest absolute Gasteiger partial charge is 0.331 e. The molecular formula is C17H13Cl2N5OS. The van der Waals surface area contributed by atoms with Gasteiger partial charge in [-0.2, -0.15) is 5.10 Å². The van der Waals surface area contributed by atoms with Gasteiger partial charge in [0.15, 0.2) is 5.11 Å². The molecule has 0 saturated heterocycles. The fourth-order valence-electron chi connectivity index (χ4n) is 2.16. The topological polar surface area (TPSA) is 81.8 Å². The number of hydrogen-bond donors (Lipinski definition) is 4. The Kier molecular flexibility index (Phi) is 5.72. The maximum atomic E-state index is 12.2. The minimum absolute atomic E-state index is 0.180. The lowest BCUT2D eigenvalue weighted by molar-refractivity contribution is 0.0939. The van der Waals surface area contributed by atoms with E-state index >= 15 is 0 Å².